The predicted molar refractivity (Wildman–Crippen MR) is 63.2 cm³/mol. The van der Waals surface area contributed by atoms with Gasteiger partial charge in [-0.05, 0) is 13.0 Å². The van der Waals surface area contributed by atoms with E-state index in [4.69, 9.17) is 5.84 Å². The third kappa shape index (κ3) is 3.42. The zero-order valence-corrected chi connectivity index (χ0v) is 9.70. The number of hydrazine groups is 1. The molecular formula is C10H15N5O2. The van der Waals surface area contributed by atoms with Crippen LogP contribution in [-0.4, -0.2) is 30.4 Å². The van der Waals surface area contributed by atoms with Gasteiger partial charge in [-0.15, -0.1) is 0 Å². The van der Waals surface area contributed by atoms with Gasteiger partial charge in [-0.1, -0.05) is 0 Å². The molecule has 1 heterocycles. The van der Waals surface area contributed by atoms with Crippen LogP contribution in [0.15, 0.2) is 12.3 Å². The Morgan fingerprint density at radius 3 is 2.76 bits per heavy atom. The average Bonchev–Trinajstić information content (AvgIpc) is 2.35. The molecule has 0 aliphatic carbocycles. The molecule has 92 valence electrons. The van der Waals surface area contributed by atoms with Gasteiger partial charge in [0.1, 0.15) is 0 Å². The lowest BCUT2D eigenvalue weighted by molar-refractivity contribution is -0.119. The van der Waals surface area contributed by atoms with Crippen molar-refractivity contribution in [3.8, 4) is 0 Å². The Morgan fingerprint density at radius 1 is 1.47 bits per heavy atom. The zero-order chi connectivity index (χ0) is 12.8. The molecule has 0 fully saturated rings. The molecule has 1 rings (SSSR count). The van der Waals surface area contributed by atoms with Crippen LogP contribution < -0.4 is 21.9 Å². The fraction of sp³-hybridized carbons (Fsp3) is 0.300. The van der Waals surface area contributed by atoms with Crippen LogP contribution in [0.4, 0.5) is 5.69 Å². The van der Waals surface area contributed by atoms with Crippen LogP contribution in [0.25, 0.3) is 0 Å². The van der Waals surface area contributed by atoms with Gasteiger partial charge in [0.15, 0.2) is 0 Å². The topological polar surface area (TPSA) is 109 Å². The van der Waals surface area contributed by atoms with E-state index in [-0.39, 0.29) is 12.5 Å². The molecular weight excluding hydrogens is 222 g/mol. The van der Waals surface area contributed by atoms with Gasteiger partial charge in [-0.2, -0.15) is 0 Å². The molecule has 1 aromatic heterocycles. The number of carbonyl (C=O) groups is 2. The number of aromatic nitrogens is 1. The number of nitrogens with zero attached hydrogens (tertiary/aromatic N) is 1. The number of aryl methyl sites for hydroxylation is 1. The fourth-order valence-electron chi connectivity index (χ4n) is 1.20. The highest BCUT2D eigenvalue weighted by Crippen LogP contribution is 2.13. The molecule has 0 spiro atoms. The summed E-state index contributed by atoms with van der Waals surface area (Å²) in [5, 5.41) is 4.86. The standard InChI is InChI=1S/C10H15N5O2/c1-6-3-8(15-11)7(4-13-6)10(17)14-5-9(16)12-2/h3-4H,5,11H2,1-2H3,(H,12,16)(H,13,15)(H,14,17). The molecule has 0 bridgehead atoms. The molecule has 5 N–H and O–H groups in total. The summed E-state index contributed by atoms with van der Waals surface area (Å²) in [5.41, 5.74) is 3.91. The number of rotatable bonds is 4. The number of hydrogen-bond donors (Lipinski definition) is 4. The summed E-state index contributed by atoms with van der Waals surface area (Å²) in [6.07, 6.45) is 1.41. The van der Waals surface area contributed by atoms with E-state index in [2.05, 4.69) is 21.0 Å². The van der Waals surface area contributed by atoms with E-state index in [1.54, 1.807) is 13.0 Å². The number of pyridine rings is 1. The summed E-state index contributed by atoms with van der Waals surface area (Å²) in [5.74, 6) is 4.62. The van der Waals surface area contributed by atoms with E-state index >= 15 is 0 Å². The van der Waals surface area contributed by atoms with Crippen LogP contribution >= 0.6 is 0 Å². The number of hydrogen-bond acceptors (Lipinski definition) is 5. The van der Waals surface area contributed by atoms with Crippen LogP contribution in [0.5, 0.6) is 0 Å². The molecule has 2 amide bonds. The van der Waals surface area contributed by atoms with Gasteiger partial charge in [-0.25, -0.2) is 0 Å². The van der Waals surface area contributed by atoms with Crippen molar-refractivity contribution in [3.05, 3.63) is 23.5 Å². The molecule has 0 radical (unpaired) electrons. The fourth-order valence-corrected chi connectivity index (χ4v) is 1.20. The van der Waals surface area contributed by atoms with Crippen molar-refractivity contribution in [2.24, 2.45) is 5.84 Å². The highest BCUT2D eigenvalue weighted by atomic mass is 16.2. The molecule has 0 aliphatic heterocycles. The second-order valence-corrected chi connectivity index (χ2v) is 3.37. The highest BCUT2D eigenvalue weighted by Gasteiger charge is 2.12. The van der Waals surface area contributed by atoms with Gasteiger partial charge in [0.25, 0.3) is 5.91 Å². The first-order chi connectivity index (χ1) is 8.08. The van der Waals surface area contributed by atoms with Gasteiger partial charge < -0.3 is 16.1 Å². The van der Waals surface area contributed by atoms with Gasteiger partial charge in [-0.3, -0.25) is 20.4 Å². The molecule has 1 aromatic rings. The SMILES string of the molecule is CNC(=O)CNC(=O)c1cnc(C)cc1NN. The minimum Gasteiger partial charge on any atom is -0.358 e. The Balaban J connectivity index is 2.78. The molecule has 0 atom stereocenters. The Labute approximate surface area is 98.8 Å². The smallest absolute Gasteiger partial charge is 0.255 e. The third-order valence-corrected chi connectivity index (χ3v) is 2.13. The second kappa shape index (κ2) is 5.80. The van der Waals surface area contributed by atoms with Crippen LogP contribution in [0.3, 0.4) is 0 Å². The van der Waals surface area contributed by atoms with Crippen LogP contribution in [0, 0.1) is 6.92 Å². The highest BCUT2D eigenvalue weighted by molar-refractivity contribution is 6.00. The summed E-state index contributed by atoms with van der Waals surface area (Å²) in [7, 11) is 1.49. The molecule has 0 saturated heterocycles. The molecule has 7 nitrogen and oxygen atoms in total. The summed E-state index contributed by atoms with van der Waals surface area (Å²) in [4.78, 5) is 26.7. The van der Waals surface area contributed by atoms with Crippen molar-refractivity contribution in [3.63, 3.8) is 0 Å². The maximum absolute atomic E-state index is 11.7. The predicted octanol–water partition coefficient (Wildman–Crippen LogP) is -0.849. The lowest BCUT2D eigenvalue weighted by Crippen LogP contribution is -2.35. The zero-order valence-electron chi connectivity index (χ0n) is 9.70. The normalized spacial score (nSPS) is 9.59. The molecule has 17 heavy (non-hydrogen) atoms. The number of carbonyl (C=O) groups excluding carboxylic acids is 2. The molecule has 0 aromatic carbocycles. The van der Waals surface area contributed by atoms with Crippen LogP contribution in [-0.2, 0) is 4.79 Å². The number of anilines is 1. The number of nitrogens with two attached hydrogens (primary N) is 1. The van der Waals surface area contributed by atoms with E-state index in [0.29, 0.717) is 11.3 Å². The Morgan fingerprint density at radius 2 is 2.18 bits per heavy atom. The summed E-state index contributed by atoms with van der Waals surface area (Å²) >= 11 is 0. The van der Waals surface area contributed by atoms with E-state index in [1.165, 1.54) is 13.2 Å². The third-order valence-electron chi connectivity index (χ3n) is 2.13. The van der Waals surface area contributed by atoms with Crippen LogP contribution in [0.2, 0.25) is 0 Å². The first-order valence-corrected chi connectivity index (χ1v) is 5.00. The van der Waals surface area contributed by atoms with Crippen molar-refractivity contribution in [1.29, 1.82) is 0 Å². The minimum absolute atomic E-state index is 0.0901. The van der Waals surface area contributed by atoms with E-state index < -0.39 is 5.91 Å². The van der Waals surface area contributed by atoms with Crippen molar-refractivity contribution in [2.75, 3.05) is 19.0 Å². The van der Waals surface area contributed by atoms with Crippen molar-refractivity contribution in [2.45, 2.75) is 6.92 Å². The minimum atomic E-state index is -0.408. The Hall–Kier alpha value is -2.15. The van der Waals surface area contributed by atoms with Gasteiger partial charge in [0.2, 0.25) is 5.91 Å². The first kappa shape index (κ1) is 12.9. The Bertz CT molecular complexity index is 433. The van der Waals surface area contributed by atoms with Gasteiger partial charge >= 0.3 is 0 Å². The maximum Gasteiger partial charge on any atom is 0.255 e. The summed E-state index contributed by atoms with van der Waals surface area (Å²) in [6.45, 7) is 1.69. The van der Waals surface area contributed by atoms with Gasteiger partial charge in [0, 0.05) is 18.9 Å². The lowest BCUT2D eigenvalue weighted by atomic mass is 10.2. The molecule has 0 unspecified atom stereocenters. The number of amides is 2. The van der Waals surface area contributed by atoms with E-state index in [9.17, 15) is 9.59 Å². The number of likely N-dealkylation sites (N-methyl/N-ethyl adjacent to an activating group) is 1. The number of nitrogens with one attached hydrogen (secondary N) is 3. The van der Waals surface area contributed by atoms with Crippen LogP contribution in [0.1, 0.15) is 16.1 Å². The van der Waals surface area contributed by atoms with Gasteiger partial charge in [0.05, 0.1) is 17.8 Å². The van der Waals surface area contributed by atoms with Crippen molar-refractivity contribution in [1.82, 2.24) is 15.6 Å². The lowest BCUT2D eigenvalue weighted by Gasteiger charge is -2.09. The average molecular weight is 237 g/mol. The Kier molecular flexibility index (Phi) is 4.41. The number of nitrogen functional groups attached to an aromatic ring is 1. The van der Waals surface area contributed by atoms with E-state index in [0.717, 1.165) is 5.69 Å². The molecule has 0 aliphatic rings. The monoisotopic (exact) mass is 237 g/mol. The van der Waals surface area contributed by atoms with Crippen molar-refractivity contribution < 1.29 is 9.59 Å². The van der Waals surface area contributed by atoms with Crippen molar-refractivity contribution >= 4 is 17.5 Å². The van der Waals surface area contributed by atoms with E-state index in [1.807, 2.05) is 0 Å². The summed E-state index contributed by atoms with van der Waals surface area (Å²) < 4.78 is 0. The molecule has 7 heteroatoms. The second-order valence-electron chi connectivity index (χ2n) is 3.37. The quantitative estimate of drug-likeness (QED) is 0.403. The maximum atomic E-state index is 11.7. The largest absolute Gasteiger partial charge is 0.358 e. The molecule has 0 saturated carbocycles. The summed E-state index contributed by atoms with van der Waals surface area (Å²) in [6, 6.07) is 1.65. The first-order valence-electron chi connectivity index (χ1n) is 5.00.